The first kappa shape index (κ1) is 97.8. The van der Waals surface area contributed by atoms with Gasteiger partial charge in [-0.05, 0) is 36.7 Å². The molecule has 9 N–H and O–H groups in total. The third-order valence-electron chi connectivity index (χ3n) is 17.7. The highest BCUT2D eigenvalue weighted by atomic mass is 32.1. The zero-order valence-electron chi connectivity index (χ0n) is 67.1. The highest BCUT2D eigenvalue weighted by Gasteiger charge is 2.62. The van der Waals surface area contributed by atoms with Gasteiger partial charge in [0, 0.05) is 143 Å². The maximum atomic E-state index is 13.2. The molecule has 0 saturated carbocycles. The number of hydrogen-bond acceptors (Lipinski definition) is 45. The van der Waals surface area contributed by atoms with Crippen LogP contribution in [0.5, 0.6) is 0 Å². The molecule has 120 heavy (non-hydrogen) atoms. The van der Waals surface area contributed by atoms with E-state index in [2.05, 4.69) is 31.9 Å². The van der Waals surface area contributed by atoms with E-state index in [-0.39, 0.29) is 5.11 Å². The first-order chi connectivity index (χ1) is 56.3. The van der Waals surface area contributed by atoms with Gasteiger partial charge in [-0.3, -0.25) is 71.9 Å². The first-order valence-electron chi connectivity index (χ1n) is 36.9. The van der Waals surface area contributed by atoms with Gasteiger partial charge in [0.2, 0.25) is 31.5 Å². The number of ether oxygens (including phenoxy) is 24. The van der Waals surface area contributed by atoms with E-state index in [0.29, 0.717) is 0 Å². The van der Waals surface area contributed by atoms with Crippen LogP contribution in [0.3, 0.4) is 0 Å². The van der Waals surface area contributed by atoms with Gasteiger partial charge >= 0.3 is 89.5 Å². The third-order valence-corrected chi connectivity index (χ3v) is 18.6. The Balaban J connectivity index is 1.40. The largest absolute Gasteiger partial charge is 0.456 e. The van der Waals surface area contributed by atoms with Gasteiger partial charge in [0.05, 0.1) is 0 Å². The Kier molecular flexibility index (Phi) is 36.2. The van der Waals surface area contributed by atoms with Crippen molar-refractivity contribution >= 4 is 142 Å². The van der Waals surface area contributed by atoms with Crippen molar-refractivity contribution in [2.24, 2.45) is 0 Å². The van der Waals surface area contributed by atoms with Crippen molar-refractivity contribution in [2.75, 3.05) is 39.3 Å². The molecule has 0 amide bonds. The average Bonchev–Trinajstić information content (AvgIpc) is 0.776. The normalized spacial score (nSPS) is 35.7. The van der Waals surface area contributed by atoms with Crippen LogP contribution in [0.4, 0.5) is 0 Å². The van der Waals surface area contributed by atoms with E-state index in [9.17, 15) is 87.2 Å². The fourth-order valence-corrected chi connectivity index (χ4v) is 14.1. The Bertz CT molecular complexity index is 3750. The van der Waals surface area contributed by atoms with Gasteiger partial charge in [-0.15, -0.1) is 0 Å². The van der Waals surface area contributed by atoms with Crippen LogP contribution in [0.1, 0.15) is 104 Å². The molecular formula is C69H96N6O42S3. The minimum Gasteiger partial charge on any atom is -0.456 e. The Labute approximate surface area is 698 Å². The van der Waals surface area contributed by atoms with Gasteiger partial charge < -0.3 is 161 Å². The lowest BCUT2D eigenvalue weighted by Crippen LogP contribution is -2.68. The van der Waals surface area contributed by atoms with E-state index >= 15 is 0 Å². The summed E-state index contributed by atoms with van der Waals surface area (Å²) in [4.78, 5) is 197. The number of rotatable bonds is 15. The number of esters is 15. The Morgan fingerprint density at radius 1 is 0.208 bits per heavy atom. The van der Waals surface area contributed by atoms with Crippen LogP contribution in [0.15, 0.2) is 0 Å². The van der Waals surface area contributed by atoms with Crippen LogP contribution in [-0.2, 0) is 186 Å². The predicted octanol–water partition coefficient (Wildman–Crippen LogP) is -6.15. The predicted molar refractivity (Wildman–Crippen MR) is 392 cm³/mol. The van der Waals surface area contributed by atoms with Crippen molar-refractivity contribution in [2.45, 2.75) is 288 Å². The summed E-state index contributed by atoms with van der Waals surface area (Å²) in [6.45, 7) is 9.97. The lowest BCUT2D eigenvalue weighted by molar-refractivity contribution is -0.373. The molecule has 0 spiro atoms. The Morgan fingerprint density at radius 2 is 0.350 bits per heavy atom. The molecule has 48 nitrogen and oxygen atoms in total. The van der Waals surface area contributed by atoms with Gasteiger partial charge in [-0.2, -0.15) is 0 Å². The van der Waals surface area contributed by atoms with Crippen LogP contribution in [0.2, 0.25) is 0 Å². The lowest BCUT2D eigenvalue weighted by Gasteiger charge is -2.48. The van der Waals surface area contributed by atoms with Crippen molar-refractivity contribution < 1.29 is 201 Å². The van der Waals surface area contributed by atoms with E-state index in [1.807, 2.05) is 0 Å². The minimum absolute atomic E-state index is 0.379. The van der Waals surface area contributed by atoms with E-state index < -0.39 is 323 Å². The summed E-state index contributed by atoms with van der Waals surface area (Å²) in [5.41, 5.74) is 0. The molecule has 30 atom stereocenters. The molecule has 7 aliphatic heterocycles. The fraction of sp³-hybridized carbons (Fsp3) is 0.739. The number of nitrogens with one attached hydrogen (secondary N) is 6. The molecular weight excluding hydrogens is 1680 g/mol. The monoisotopic (exact) mass is 1780 g/mol. The summed E-state index contributed by atoms with van der Waals surface area (Å²) in [6, 6.07) is 0. The molecule has 7 saturated heterocycles. The molecule has 7 aliphatic rings. The smallest absolute Gasteiger partial charge is 0.303 e. The number of thiocarbonyl (C=S) groups is 3. The standard InChI is InChI=1S/C69H96N6O42S3/c1-22(76)94-46-38-17-72-68(119)73-19-40-48(96-24(3)78)53(101-29(8)83)59(107-35(14)89)65(112-40)117-66-60(108-36(15)90)55(103-31(10)85)50(98-26(5)80)42(114-66)21-75-69(120)74-20-41-49(97-25(4)79)54(102-30(9)84)58(106-34(13)88)64(113-41)116-63-57(105-33(12)87)52(100-28(7)82)47(95-23(2)77)39(111-63)18-71-67(118)70-16-37-43(91)44(92)45(93)61(109-37)115-62(110-38)56(104-32(11)86)51(46)99-27(6)81/h37-66,91-93H,16-21H2,1-15H3,(H2,70,71,118)(H2,72,73,119)(H2,74,75,120)/t37-,38-,39-,40-,41-,42-,43-,44+,45-,46-,47-,48-,49-,50-,51+,52+,53+,54+,55+,56-,57-,58-,59-,60-,61-,62-,63-,64-,65-,66-/m1/s1. The molecule has 7 heterocycles. The molecule has 0 aromatic heterocycles. The molecule has 0 radical (unpaired) electrons. The number of hydrogen-bond donors (Lipinski definition) is 9. The van der Waals surface area contributed by atoms with E-state index in [1.54, 1.807) is 0 Å². The molecule has 0 aromatic rings. The second kappa shape index (κ2) is 44.4. The summed E-state index contributed by atoms with van der Waals surface area (Å²) in [6.07, 6.45) is -58.3. The molecule has 51 heteroatoms. The van der Waals surface area contributed by atoms with Crippen molar-refractivity contribution in [3.8, 4) is 0 Å². The lowest BCUT2D eigenvalue weighted by atomic mass is 9.96. The van der Waals surface area contributed by atoms with E-state index in [1.165, 1.54) is 0 Å². The SMILES string of the molecule is CC(=O)O[C@@H]1[C@@H](OC(C)=O)[C@H]2O[C@H]3O[C@H](CNC(=S)NC[C@H]4O[C@H](O[C@H]5O[C@H](CNC(=S)NC[C@H]6O[C@H](O[C@H]7O[C@H](CNC(=S)NC[C@@H](O2)[C@H]1OC(C)=O)[C@@H](OC(C)=O)[C@H](OC(C)=O)[C@H]7OC(C)=O)[C@H](OC(C)=O)[C@@H](OC(C)=O)[C@@H]6OC(C)=O)[C@@H](OC(C)=O)[C@H](OC(C)=O)[C@H]5OC(C)=O)[C@H](OC(C)=O)[C@@H](OC(C)=O)[C@@H]4OC(C)=O)[C@@H](O)[C@H](O)[C@H]3O. The van der Waals surface area contributed by atoms with Gasteiger partial charge in [-0.1, -0.05) is 0 Å². The third kappa shape index (κ3) is 27.8. The van der Waals surface area contributed by atoms with Gasteiger partial charge in [0.15, 0.2) is 113 Å². The highest BCUT2D eigenvalue weighted by Crippen LogP contribution is 2.39. The minimum atomic E-state index is -2.23. The summed E-state index contributed by atoms with van der Waals surface area (Å²) < 4.78 is 142. The first-order valence-corrected chi connectivity index (χ1v) is 38.1. The summed E-state index contributed by atoms with van der Waals surface area (Å²) in [7, 11) is 0. The highest BCUT2D eigenvalue weighted by molar-refractivity contribution is 7.80. The maximum Gasteiger partial charge on any atom is 0.303 e. The zero-order chi connectivity index (χ0) is 89.2. The molecule has 12 bridgehead atoms. The van der Waals surface area contributed by atoms with Crippen LogP contribution in [0, 0.1) is 0 Å². The fourth-order valence-electron chi connectivity index (χ4n) is 13.6. The number of fused-ring (bicyclic) bond motifs is 12. The van der Waals surface area contributed by atoms with Crippen molar-refractivity contribution in [3.63, 3.8) is 0 Å². The maximum absolute atomic E-state index is 13.2. The number of carbonyl (C=O) groups is 15. The van der Waals surface area contributed by atoms with Crippen LogP contribution >= 0.6 is 36.7 Å². The van der Waals surface area contributed by atoms with Crippen LogP contribution in [-0.4, -0.2) is 344 Å². The topological polar surface area (TPSA) is 610 Å². The van der Waals surface area contributed by atoms with Crippen molar-refractivity contribution in [3.05, 3.63) is 0 Å². The second-order valence-corrected chi connectivity index (χ2v) is 28.7. The molecule has 0 unspecified atom stereocenters. The number of aliphatic hydroxyl groups excluding tert-OH is 3. The van der Waals surface area contributed by atoms with E-state index in [0.717, 1.165) is 104 Å². The molecule has 0 aromatic carbocycles. The van der Waals surface area contributed by atoms with Crippen molar-refractivity contribution in [1.82, 2.24) is 31.9 Å². The summed E-state index contributed by atoms with van der Waals surface area (Å²) >= 11 is 17.1. The van der Waals surface area contributed by atoms with Gasteiger partial charge in [0.25, 0.3) is 0 Å². The summed E-state index contributed by atoms with van der Waals surface area (Å²) in [5.74, 6) is -16.2. The molecule has 672 valence electrons. The Morgan fingerprint density at radius 3 is 0.525 bits per heavy atom. The van der Waals surface area contributed by atoms with Gasteiger partial charge in [-0.25, -0.2) is 0 Å². The second-order valence-electron chi connectivity index (χ2n) is 27.5. The quantitative estimate of drug-likeness (QED) is 0.0418. The number of carbonyl (C=O) groups excluding carboxylic acids is 15. The molecule has 7 rings (SSSR count). The zero-order valence-corrected chi connectivity index (χ0v) is 69.5. The average molecular weight is 1780 g/mol. The molecule has 0 aliphatic carbocycles. The van der Waals surface area contributed by atoms with E-state index in [4.69, 9.17) is 150 Å². The number of aliphatic hydroxyl groups is 3. The van der Waals surface area contributed by atoms with Crippen LogP contribution in [0.25, 0.3) is 0 Å². The molecule has 7 fully saturated rings. The summed E-state index contributed by atoms with van der Waals surface area (Å²) in [5, 5.41) is 50.0. The van der Waals surface area contributed by atoms with Crippen LogP contribution < -0.4 is 31.9 Å². The Hall–Kier alpha value is -9.36. The van der Waals surface area contributed by atoms with Gasteiger partial charge in [0.1, 0.15) is 54.9 Å². The van der Waals surface area contributed by atoms with Crippen molar-refractivity contribution in [1.29, 1.82) is 0 Å².